The molecule has 0 unspecified atom stereocenters. The van der Waals surface area contributed by atoms with E-state index in [1.165, 1.54) is 12.8 Å². The zero-order valence-corrected chi connectivity index (χ0v) is 15.3. The highest BCUT2D eigenvalue weighted by molar-refractivity contribution is 5.76. The standard InChI is InChI=1S/C20H28N2O4/c23-20(7-5-16-4-6-18-19(12-16)26-15-25-18)22-10-3-11-24-17(14-22)13-21-8-1-2-9-21/h4,6,12,17H,1-3,5,7-11,13-15H2/t17-/m0/s1. The Labute approximate surface area is 155 Å². The molecule has 3 heterocycles. The second kappa shape index (κ2) is 8.27. The third-order valence-electron chi connectivity index (χ3n) is 5.43. The summed E-state index contributed by atoms with van der Waals surface area (Å²) in [6.45, 7) is 5.84. The number of hydrogen-bond donors (Lipinski definition) is 0. The van der Waals surface area contributed by atoms with Gasteiger partial charge in [-0.25, -0.2) is 0 Å². The first kappa shape index (κ1) is 17.6. The van der Waals surface area contributed by atoms with Gasteiger partial charge >= 0.3 is 0 Å². The Morgan fingerprint density at radius 1 is 1.08 bits per heavy atom. The van der Waals surface area contributed by atoms with Crippen LogP contribution in [-0.2, 0) is 16.0 Å². The number of aryl methyl sites for hydroxylation is 1. The van der Waals surface area contributed by atoms with Crippen LogP contribution in [0.1, 0.15) is 31.2 Å². The van der Waals surface area contributed by atoms with E-state index in [0.717, 1.165) is 69.2 Å². The largest absolute Gasteiger partial charge is 0.454 e. The Balaban J connectivity index is 1.29. The summed E-state index contributed by atoms with van der Waals surface area (Å²) in [6.07, 6.45) is 4.88. The summed E-state index contributed by atoms with van der Waals surface area (Å²) in [5.41, 5.74) is 1.11. The van der Waals surface area contributed by atoms with Gasteiger partial charge in [0.2, 0.25) is 12.7 Å². The van der Waals surface area contributed by atoms with E-state index in [9.17, 15) is 4.79 Å². The summed E-state index contributed by atoms with van der Waals surface area (Å²) in [5.74, 6) is 1.79. The van der Waals surface area contributed by atoms with Gasteiger partial charge < -0.3 is 24.0 Å². The first-order chi connectivity index (χ1) is 12.8. The van der Waals surface area contributed by atoms with Crippen molar-refractivity contribution in [3.63, 3.8) is 0 Å². The Bertz CT molecular complexity index is 630. The second-order valence-corrected chi connectivity index (χ2v) is 7.38. The quantitative estimate of drug-likeness (QED) is 0.805. The molecule has 2 fully saturated rings. The van der Waals surface area contributed by atoms with Crippen molar-refractivity contribution in [1.29, 1.82) is 0 Å². The summed E-state index contributed by atoms with van der Waals surface area (Å²) in [4.78, 5) is 17.2. The van der Waals surface area contributed by atoms with E-state index in [-0.39, 0.29) is 18.8 Å². The van der Waals surface area contributed by atoms with Gasteiger partial charge in [-0.15, -0.1) is 0 Å². The molecule has 1 atom stereocenters. The highest BCUT2D eigenvalue weighted by atomic mass is 16.7. The van der Waals surface area contributed by atoms with Crippen LogP contribution in [-0.4, -0.2) is 67.9 Å². The van der Waals surface area contributed by atoms with Gasteiger partial charge in [0, 0.05) is 32.7 Å². The smallest absolute Gasteiger partial charge is 0.231 e. The van der Waals surface area contributed by atoms with Gasteiger partial charge in [0.15, 0.2) is 11.5 Å². The first-order valence-electron chi connectivity index (χ1n) is 9.78. The highest BCUT2D eigenvalue weighted by Crippen LogP contribution is 2.32. The van der Waals surface area contributed by atoms with Crippen molar-refractivity contribution in [1.82, 2.24) is 9.80 Å². The van der Waals surface area contributed by atoms with Gasteiger partial charge in [0.1, 0.15) is 0 Å². The summed E-state index contributed by atoms with van der Waals surface area (Å²) in [5, 5.41) is 0. The number of carbonyl (C=O) groups excluding carboxylic acids is 1. The van der Waals surface area contributed by atoms with Crippen LogP contribution in [0.25, 0.3) is 0 Å². The number of benzene rings is 1. The number of fused-ring (bicyclic) bond motifs is 1. The van der Waals surface area contributed by atoms with Crippen molar-refractivity contribution in [2.24, 2.45) is 0 Å². The molecular formula is C20H28N2O4. The lowest BCUT2D eigenvalue weighted by Gasteiger charge is -2.27. The maximum Gasteiger partial charge on any atom is 0.231 e. The minimum Gasteiger partial charge on any atom is -0.454 e. The van der Waals surface area contributed by atoms with E-state index in [4.69, 9.17) is 14.2 Å². The van der Waals surface area contributed by atoms with Gasteiger partial charge in [0.25, 0.3) is 0 Å². The van der Waals surface area contributed by atoms with Crippen LogP contribution in [0.15, 0.2) is 18.2 Å². The average Bonchev–Trinajstić information content (AvgIpc) is 3.27. The second-order valence-electron chi connectivity index (χ2n) is 7.38. The predicted octanol–water partition coefficient (Wildman–Crippen LogP) is 2.06. The van der Waals surface area contributed by atoms with Crippen molar-refractivity contribution in [3.05, 3.63) is 23.8 Å². The highest BCUT2D eigenvalue weighted by Gasteiger charge is 2.25. The van der Waals surface area contributed by atoms with Gasteiger partial charge in [0.05, 0.1) is 6.10 Å². The van der Waals surface area contributed by atoms with Crippen LogP contribution in [0, 0.1) is 0 Å². The van der Waals surface area contributed by atoms with E-state index in [2.05, 4.69) is 4.90 Å². The van der Waals surface area contributed by atoms with Crippen molar-refractivity contribution < 1.29 is 19.0 Å². The monoisotopic (exact) mass is 360 g/mol. The molecule has 0 aliphatic carbocycles. The fraction of sp³-hybridized carbons (Fsp3) is 0.650. The first-order valence-corrected chi connectivity index (χ1v) is 9.78. The lowest BCUT2D eigenvalue weighted by atomic mass is 10.1. The topological polar surface area (TPSA) is 51.2 Å². The van der Waals surface area contributed by atoms with Crippen LogP contribution in [0.5, 0.6) is 11.5 Å². The SMILES string of the molecule is O=C(CCc1ccc2c(c1)OCO2)N1CCCO[C@@H](CN2CCCC2)C1. The molecule has 2 saturated heterocycles. The molecule has 0 aromatic heterocycles. The number of nitrogens with zero attached hydrogens (tertiary/aromatic N) is 2. The molecule has 4 rings (SSSR count). The van der Waals surface area contributed by atoms with Crippen molar-refractivity contribution >= 4 is 5.91 Å². The van der Waals surface area contributed by atoms with E-state index < -0.39 is 0 Å². The zero-order chi connectivity index (χ0) is 17.8. The molecule has 1 amide bonds. The molecular weight excluding hydrogens is 332 g/mol. The molecule has 3 aliphatic rings. The Kier molecular flexibility index (Phi) is 5.60. The molecule has 3 aliphatic heterocycles. The predicted molar refractivity (Wildman–Crippen MR) is 97.5 cm³/mol. The third-order valence-corrected chi connectivity index (χ3v) is 5.43. The van der Waals surface area contributed by atoms with Crippen LogP contribution < -0.4 is 9.47 Å². The zero-order valence-electron chi connectivity index (χ0n) is 15.3. The van der Waals surface area contributed by atoms with Gasteiger partial charge in [-0.1, -0.05) is 6.07 Å². The van der Waals surface area contributed by atoms with Gasteiger partial charge in [-0.3, -0.25) is 4.79 Å². The molecule has 0 saturated carbocycles. The summed E-state index contributed by atoms with van der Waals surface area (Å²) >= 11 is 0. The fourth-order valence-electron chi connectivity index (χ4n) is 3.99. The molecule has 6 nitrogen and oxygen atoms in total. The van der Waals surface area contributed by atoms with E-state index in [1.807, 2.05) is 23.1 Å². The maximum absolute atomic E-state index is 12.7. The minimum atomic E-state index is 0.144. The molecule has 26 heavy (non-hydrogen) atoms. The molecule has 0 N–H and O–H groups in total. The third kappa shape index (κ3) is 4.30. The molecule has 0 spiro atoms. The summed E-state index contributed by atoms with van der Waals surface area (Å²) in [7, 11) is 0. The van der Waals surface area contributed by atoms with Crippen LogP contribution in [0.4, 0.5) is 0 Å². The number of carbonyl (C=O) groups is 1. The van der Waals surface area contributed by atoms with Crippen LogP contribution in [0.3, 0.4) is 0 Å². The molecule has 0 bridgehead atoms. The number of likely N-dealkylation sites (tertiary alicyclic amines) is 1. The molecule has 6 heteroatoms. The maximum atomic E-state index is 12.7. The van der Waals surface area contributed by atoms with E-state index in [1.54, 1.807) is 0 Å². The molecule has 0 radical (unpaired) electrons. The summed E-state index contributed by atoms with van der Waals surface area (Å²) < 4.78 is 16.7. The summed E-state index contributed by atoms with van der Waals surface area (Å²) in [6, 6.07) is 5.92. The van der Waals surface area contributed by atoms with E-state index in [0.29, 0.717) is 6.42 Å². The van der Waals surface area contributed by atoms with Crippen molar-refractivity contribution in [2.45, 2.75) is 38.2 Å². The average molecular weight is 360 g/mol. The number of hydrogen-bond acceptors (Lipinski definition) is 5. The normalized spacial score (nSPS) is 23.2. The number of ether oxygens (including phenoxy) is 3. The fourth-order valence-corrected chi connectivity index (χ4v) is 3.99. The molecule has 1 aromatic carbocycles. The van der Waals surface area contributed by atoms with E-state index >= 15 is 0 Å². The number of rotatable bonds is 5. The Hall–Kier alpha value is -1.79. The lowest BCUT2D eigenvalue weighted by Crippen LogP contribution is -2.41. The molecule has 142 valence electrons. The molecule has 1 aromatic rings. The van der Waals surface area contributed by atoms with Gasteiger partial charge in [-0.2, -0.15) is 0 Å². The van der Waals surface area contributed by atoms with Crippen molar-refractivity contribution in [2.75, 3.05) is 46.1 Å². The Morgan fingerprint density at radius 3 is 2.81 bits per heavy atom. The van der Waals surface area contributed by atoms with Crippen LogP contribution >= 0.6 is 0 Å². The lowest BCUT2D eigenvalue weighted by molar-refractivity contribution is -0.132. The van der Waals surface area contributed by atoms with Crippen molar-refractivity contribution in [3.8, 4) is 11.5 Å². The van der Waals surface area contributed by atoms with Gasteiger partial charge in [-0.05, 0) is 56.5 Å². The Morgan fingerprint density at radius 2 is 1.92 bits per heavy atom. The van der Waals surface area contributed by atoms with Crippen LogP contribution in [0.2, 0.25) is 0 Å². The minimum absolute atomic E-state index is 0.144. The number of amides is 1.